The van der Waals surface area contributed by atoms with Crippen molar-refractivity contribution in [2.24, 2.45) is 0 Å². The molecule has 0 fully saturated rings. The number of fused-ring (bicyclic) bond motifs is 1. The van der Waals surface area contributed by atoms with Crippen molar-refractivity contribution in [3.05, 3.63) is 40.9 Å². The lowest BCUT2D eigenvalue weighted by atomic mass is 10.2. The third-order valence-electron chi connectivity index (χ3n) is 3.37. The fourth-order valence-corrected chi connectivity index (χ4v) is 2.50. The van der Waals surface area contributed by atoms with Crippen LogP contribution in [0.5, 0.6) is 0 Å². The molecule has 2 amide bonds. The number of amides is 2. The normalized spacial score (nSPS) is 14.5. The smallest absolute Gasteiger partial charge is 0.315 e. The van der Waals surface area contributed by atoms with Crippen molar-refractivity contribution in [1.29, 1.82) is 0 Å². The van der Waals surface area contributed by atoms with E-state index in [0.717, 1.165) is 12.1 Å². The molecule has 0 unspecified atom stereocenters. The summed E-state index contributed by atoms with van der Waals surface area (Å²) in [6, 6.07) is 2.40. The first-order valence-electron chi connectivity index (χ1n) is 6.63. The summed E-state index contributed by atoms with van der Waals surface area (Å²) in [7, 11) is 0. The van der Waals surface area contributed by atoms with Gasteiger partial charge in [-0.1, -0.05) is 11.6 Å². The minimum atomic E-state index is -4.54. The van der Waals surface area contributed by atoms with Crippen LogP contribution in [0, 0.1) is 0 Å². The third kappa shape index (κ3) is 3.39. The van der Waals surface area contributed by atoms with Crippen molar-refractivity contribution in [1.82, 2.24) is 19.7 Å². The summed E-state index contributed by atoms with van der Waals surface area (Å²) >= 11 is 5.69. The highest BCUT2D eigenvalue weighted by Gasteiger charge is 2.31. The summed E-state index contributed by atoms with van der Waals surface area (Å²) in [4.78, 5) is 17.7. The number of urea groups is 1. The number of rotatable bonds is 1. The molecule has 122 valence electrons. The van der Waals surface area contributed by atoms with Gasteiger partial charge in [0.1, 0.15) is 12.2 Å². The molecule has 0 aliphatic carbocycles. The zero-order valence-electron chi connectivity index (χ0n) is 11.6. The summed E-state index contributed by atoms with van der Waals surface area (Å²) in [6.07, 6.45) is -3.14. The zero-order chi connectivity index (χ0) is 16.6. The molecule has 2 aromatic rings. The molecule has 1 aliphatic rings. The maximum atomic E-state index is 12.8. The first kappa shape index (κ1) is 15.6. The molecule has 23 heavy (non-hydrogen) atoms. The quantitative estimate of drug-likeness (QED) is 0.864. The van der Waals surface area contributed by atoms with Crippen LogP contribution in [0.15, 0.2) is 24.5 Å². The van der Waals surface area contributed by atoms with Crippen LogP contribution in [0.1, 0.15) is 11.4 Å². The first-order chi connectivity index (χ1) is 10.8. The lowest BCUT2D eigenvalue weighted by Gasteiger charge is -2.27. The molecule has 1 aromatic carbocycles. The number of benzene rings is 1. The van der Waals surface area contributed by atoms with Crippen LogP contribution >= 0.6 is 11.6 Å². The second-order valence-electron chi connectivity index (χ2n) is 4.98. The number of nitrogens with one attached hydrogen (secondary N) is 1. The number of aromatic nitrogens is 3. The molecule has 0 radical (unpaired) electrons. The molecule has 0 saturated carbocycles. The minimum absolute atomic E-state index is 0.0122. The van der Waals surface area contributed by atoms with Crippen molar-refractivity contribution >= 4 is 23.3 Å². The van der Waals surface area contributed by atoms with Gasteiger partial charge in [0.15, 0.2) is 0 Å². The van der Waals surface area contributed by atoms with Gasteiger partial charge in [-0.05, 0) is 18.2 Å². The van der Waals surface area contributed by atoms with Gasteiger partial charge in [-0.2, -0.15) is 18.3 Å². The van der Waals surface area contributed by atoms with E-state index in [1.54, 1.807) is 4.68 Å². The fourth-order valence-electron chi connectivity index (χ4n) is 2.26. The Kier molecular flexibility index (Phi) is 3.88. The number of carbonyl (C=O) groups excluding carboxylic acids is 1. The van der Waals surface area contributed by atoms with Gasteiger partial charge in [0.25, 0.3) is 0 Å². The summed E-state index contributed by atoms with van der Waals surface area (Å²) in [6.45, 7) is 1.10. The van der Waals surface area contributed by atoms with Gasteiger partial charge in [-0.3, -0.25) is 0 Å². The molecule has 0 saturated heterocycles. The van der Waals surface area contributed by atoms with Crippen molar-refractivity contribution < 1.29 is 18.0 Å². The Morgan fingerprint density at radius 1 is 1.26 bits per heavy atom. The van der Waals surface area contributed by atoms with Gasteiger partial charge in [0, 0.05) is 17.3 Å². The highest BCUT2D eigenvalue weighted by atomic mass is 35.5. The van der Waals surface area contributed by atoms with E-state index in [9.17, 15) is 18.0 Å². The second kappa shape index (κ2) is 5.73. The summed E-state index contributed by atoms with van der Waals surface area (Å²) < 4.78 is 40.0. The van der Waals surface area contributed by atoms with E-state index in [1.807, 2.05) is 0 Å². The maximum Gasteiger partial charge on any atom is 0.416 e. The van der Waals surface area contributed by atoms with E-state index in [2.05, 4.69) is 15.4 Å². The lowest BCUT2D eigenvalue weighted by molar-refractivity contribution is -0.137. The van der Waals surface area contributed by atoms with Gasteiger partial charge in [0.2, 0.25) is 0 Å². The number of alkyl halides is 3. The van der Waals surface area contributed by atoms with E-state index in [-0.39, 0.29) is 17.3 Å². The number of nitrogens with zero attached hydrogens (tertiary/aromatic N) is 4. The molecule has 0 bridgehead atoms. The van der Waals surface area contributed by atoms with Crippen molar-refractivity contribution in [2.75, 3.05) is 11.9 Å². The largest absolute Gasteiger partial charge is 0.416 e. The summed E-state index contributed by atoms with van der Waals surface area (Å²) in [5, 5.41) is 6.32. The van der Waals surface area contributed by atoms with Crippen LogP contribution in [0.3, 0.4) is 0 Å². The van der Waals surface area contributed by atoms with Crippen LogP contribution in [0.25, 0.3) is 0 Å². The molecule has 10 heteroatoms. The first-order valence-corrected chi connectivity index (χ1v) is 7.01. The van der Waals surface area contributed by atoms with E-state index in [1.165, 1.54) is 17.3 Å². The summed E-state index contributed by atoms with van der Waals surface area (Å²) in [5.74, 6) is 0.619. The molecule has 2 heterocycles. The second-order valence-corrected chi connectivity index (χ2v) is 5.41. The van der Waals surface area contributed by atoms with Crippen LogP contribution in [0.4, 0.5) is 23.7 Å². The van der Waals surface area contributed by atoms with Crippen molar-refractivity contribution in [3.63, 3.8) is 0 Å². The van der Waals surface area contributed by atoms with Gasteiger partial charge in [-0.15, -0.1) is 0 Å². The Morgan fingerprint density at radius 2 is 2.04 bits per heavy atom. The van der Waals surface area contributed by atoms with Gasteiger partial charge in [-0.25, -0.2) is 14.5 Å². The molecule has 1 aromatic heterocycles. The van der Waals surface area contributed by atoms with E-state index in [0.29, 0.717) is 18.9 Å². The molecular weight excluding hydrogens is 335 g/mol. The number of carbonyl (C=O) groups is 1. The van der Waals surface area contributed by atoms with Gasteiger partial charge < -0.3 is 10.2 Å². The monoisotopic (exact) mass is 345 g/mol. The zero-order valence-corrected chi connectivity index (χ0v) is 12.4. The number of hydrogen-bond donors (Lipinski definition) is 1. The Bertz CT molecular complexity index is 745. The SMILES string of the molecule is O=C(Nc1cc(Cl)cc(C(F)(F)F)c1)N1CCn2ncnc2C1. The topological polar surface area (TPSA) is 63.1 Å². The fraction of sp³-hybridized carbons (Fsp3) is 0.308. The van der Waals surface area contributed by atoms with E-state index < -0.39 is 17.8 Å². The number of halogens is 4. The highest BCUT2D eigenvalue weighted by molar-refractivity contribution is 6.31. The molecule has 0 atom stereocenters. The Balaban J connectivity index is 1.75. The van der Waals surface area contributed by atoms with Crippen LogP contribution in [0.2, 0.25) is 5.02 Å². The van der Waals surface area contributed by atoms with Gasteiger partial charge >= 0.3 is 12.2 Å². The molecule has 1 N–H and O–H groups in total. The molecule has 1 aliphatic heterocycles. The molecule has 3 rings (SSSR count). The standard InChI is InChI=1S/C13H11ClF3N5O/c14-9-3-8(13(15,16)17)4-10(5-9)20-12(23)21-1-2-22-11(6-21)18-7-19-22/h3-5,7H,1-2,6H2,(H,20,23). The Labute approximate surface area is 133 Å². The molecule has 6 nitrogen and oxygen atoms in total. The average molecular weight is 346 g/mol. The highest BCUT2D eigenvalue weighted by Crippen LogP contribution is 2.33. The lowest BCUT2D eigenvalue weighted by Crippen LogP contribution is -2.41. The van der Waals surface area contributed by atoms with Gasteiger partial charge in [0.05, 0.1) is 18.7 Å². The van der Waals surface area contributed by atoms with Crippen LogP contribution < -0.4 is 5.32 Å². The molecular formula is C13H11ClF3N5O. The van der Waals surface area contributed by atoms with Crippen LogP contribution in [-0.4, -0.2) is 32.2 Å². The predicted molar refractivity (Wildman–Crippen MR) is 75.9 cm³/mol. The third-order valence-corrected chi connectivity index (χ3v) is 3.59. The summed E-state index contributed by atoms with van der Waals surface area (Å²) in [5.41, 5.74) is -0.930. The maximum absolute atomic E-state index is 12.8. The Morgan fingerprint density at radius 3 is 2.78 bits per heavy atom. The van der Waals surface area contributed by atoms with Crippen molar-refractivity contribution in [2.45, 2.75) is 19.3 Å². The number of hydrogen-bond acceptors (Lipinski definition) is 3. The number of anilines is 1. The van der Waals surface area contributed by atoms with E-state index in [4.69, 9.17) is 11.6 Å². The Hall–Kier alpha value is -2.29. The predicted octanol–water partition coefficient (Wildman–Crippen LogP) is 3.00. The van der Waals surface area contributed by atoms with Crippen LogP contribution in [-0.2, 0) is 19.3 Å². The molecule has 0 spiro atoms. The minimum Gasteiger partial charge on any atom is -0.315 e. The average Bonchev–Trinajstić information content (AvgIpc) is 2.93. The van der Waals surface area contributed by atoms with E-state index >= 15 is 0 Å². The van der Waals surface area contributed by atoms with Crippen molar-refractivity contribution in [3.8, 4) is 0 Å².